The first-order chi connectivity index (χ1) is 16.3. The van der Waals surface area contributed by atoms with E-state index < -0.39 is 0 Å². The quantitative estimate of drug-likeness (QED) is 0.434. The van der Waals surface area contributed by atoms with E-state index in [1.54, 1.807) is 0 Å². The molecule has 0 amide bonds. The fourth-order valence-corrected chi connectivity index (χ4v) is 12.6. The number of carbonyl (C=O) groups excluding carboxylic acids is 1. The molecule has 200 valence electrons. The van der Waals surface area contributed by atoms with Gasteiger partial charge in [-0.25, -0.2) is 0 Å². The Hall–Kier alpha value is -0.370. The normalized spacial score (nSPS) is 53.6. The number of aliphatic hydroxyl groups is 1. The Morgan fingerprint density at radius 3 is 1.97 bits per heavy atom. The van der Waals surface area contributed by atoms with E-state index in [1.807, 2.05) is 6.92 Å². The summed E-state index contributed by atoms with van der Waals surface area (Å²) in [6, 6.07) is 0. The summed E-state index contributed by atoms with van der Waals surface area (Å²) in [7, 11) is 0. The van der Waals surface area contributed by atoms with Crippen LogP contribution in [0.4, 0.5) is 0 Å². The Morgan fingerprint density at radius 2 is 1.34 bits per heavy atom. The average molecular weight is 485 g/mol. The first-order valence-electron chi connectivity index (χ1n) is 15.5. The number of hydrogen-bond acceptors (Lipinski definition) is 2. The van der Waals surface area contributed by atoms with E-state index in [4.69, 9.17) is 0 Å². The Labute approximate surface area is 216 Å². The van der Waals surface area contributed by atoms with E-state index in [-0.39, 0.29) is 11.5 Å². The van der Waals surface area contributed by atoms with Gasteiger partial charge in [-0.1, -0.05) is 55.4 Å². The smallest absolute Gasteiger partial charge is 0.132 e. The molecule has 2 heteroatoms. The second kappa shape index (κ2) is 8.31. The van der Waals surface area contributed by atoms with Gasteiger partial charge < -0.3 is 5.11 Å². The molecule has 0 bridgehead atoms. The largest absolute Gasteiger partial charge is 0.393 e. The Balaban J connectivity index is 1.44. The zero-order valence-electron chi connectivity index (χ0n) is 24.4. The van der Waals surface area contributed by atoms with E-state index in [0.717, 1.165) is 36.5 Å². The number of ketones is 1. The van der Waals surface area contributed by atoms with Crippen molar-refractivity contribution in [3.63, 3.8) is 0 Å². The van der Waals surface area contributed by atoms with Gasteiger partial charge in [0.1, 0.15) is 5.78 Å². The molecule has 0 aromatic rings. The fourth-order valence-electron chi connectivity index (χ4n) is 12.6. The van der Waals surface area contributed by atoms with E-state index in [2.05, 4.69) is 48.5 Å². The maximum atomic E-state index is 12.3. The van der Waals surface area contributed by atoms with Crippen molar-refractivity contribution in [3.8, 4) is 0 Å². The van der Waals surface area contributed by atoms with Gasteiger partial charge in [-0.05, 0) is 127 Å². The molecule has 5 fully saturated rings. The van der Waals surface area contributed by atoms with Gasteiger partial charge in [0.15, 0.2) is 0 Å². The molecule has 0 aromatic heterocycles. The number of Topliss-reactive ketones (excluding diaryl/α,β-unsaturated/α-hetero) is 1. The molecule has 0 spiro atoms. The van der Waals surface area contributed by atoms with Gasteiger partial charge >= 0.3 is 0 Å². The van der Waals surface area contributed by atoms with Crippen molar-refractivity contribution in [2.45, 2.75) is 139 Å². The van der Waals surface area contributed by atoms with Crippen molar-refractivity contribution in [3.05, 3.63) is 0 Å². The molecule has 0 unspecified atom stereocenters. The Morgan fingerprint density at radius 1 is 0.771 bits per heavy atom. The SMILES string of the molecule is CCC(=O)C[C@@H](C)[C@H]1CC[C@]2(C)[C@H]3CC[C@@H]4[C@@]5(C)CC[C@H](O)C(C)(C)[C@@H]5CC[C@@]4(C)[C@]3(C)CC[C@@H]12. The van der Waals surface area contributed by atoms with Gasteiger partial charge in [0.2, 0.25) is 0 Å². The predicted octanol–water partition coefficient (Wildman–Crippen LogP) is 8.45. The van der Waals surface area contributed by atoms with Crippen LogP contribution in [0.1, 0.15) is 132 Å². The van der Waals surface area contributed by atoms with Crippen LogP contribution < -0.4 is 0 Å². The van der Waals surface area contributed by atoms with Crippen molar-refractivity contribution in [1.29, 1.82) is 0 Å². The first-order valence-corrected chi connectivity index (χ1v) is 15.5. The summed E-state index contributed by atoms with van der Waals surface area (Å²) < 4.78 is 0. The van der Waals surface area contributed by atoms with Crippen molar-refractivity contribution < 1.29 is 9.90 Å². The molecule has 5 aliphatic rings. The molecule has 5 saturated carbocycles. The molecule has 5 rings (SSSR count). The van der Waals surface area contributed by atoms with Crippen LogP contribution in [0.5, 0.6) is 0 Å². The zero-order chi connectivity index (χ0) is 25.6. The summed E-state index contributed by atoms with van der Waals surface area (Å²) in [4.78, 5) is 12.3. The summed E-state index contributed by atoms with van der Waals surface area (Å²) >= 11 is 0. The first kappa shape index (κ1) is 26.2. The lowest BCUT2D eigenvalue weighted by atomic mass is 9.32. The topological polar surface area (TPSA) is 37.3 Å². The maximum absolute atomic E-state index is 12.3. The summed E-state index contributed by atoms with van der Waals surface area (Å²) in [6.07, 6.45) is 14.5. The summed E-state index contributed by atoms with van der Waals surface area (Å²) in [6.45, 7) is 19.9. The molecule has 0 heterocycles. The molecule has 2 nitrogen and oxygen atoms in total. The van der Waals surface area contributed by atoms with Gasteiger partial charge in [-0.15, -0.1) is 0 Å². The molecule has 0 aliphatic heterocycles. The molecule has 1 N–H and O–H groups in total. The third-order valence-electron chi connectivity index (χ3n) is 14.7. The van der Waals surface area contributed by atoms with E-state index in [1.165, 1.54) is 57.8 Å². The van der Waals surface area contributed by atoms with Crippen LogP contribution >= 0.6 is 0 Å². The fraction of sp³-hybridized carbons (Fsp3) is 0.970. The van der Waals surface area contributed by atoms with Crippen molar-refractivity contribution >= 4 is 5.78 Å². The molecular formula is C33H56O2. The highest BCUT2D eigenvalue weighted by Gasteiger charge is 2.70. The van der Waals surface area contributed by atoms with Gasteiger partial charge in [0.05, 0.1) is 6.10 Å². The number of rotatable bonds is 4. The highest BCUT2D eigenvalue weighted by atomic mass is 16.3. The van der Waals surface area contributed by atoms with Gasteiger partial charge in [-0.3, -0.25) is 4.79 Å². The van der Waals surface area contributed by atoms with E-state index in [9.17, 15) is 9.90 Å². The molecular weight excluding hydrogens is 428 g/mol. The van der Waals surface area contributed by atoms with Crippen LogP contribution in [0.15, 0.2) is 0 Å². The second-order valence-corrected chi connectivity index (χ2v) is 15.9. The minimum atomic E-state index is -0.136. The molecule has 35 heavy (non-hydrogen) atoms. The van der Waals surface area contributed by atoms with Crippen molar-refractivity contribution in [2.75, 3.05) is 0 Å². The monoisotopic (exact) mass is 484 g/mol. The van der Waals surface area contributed by atoms with E-state index in [0.29, 0.717) is 45.7 Å². The van der Waals surface area contributed by atoms with E-state index >= 15 is 0 Å². The Bertz CT molecular complexity index is 846. The highest BCUT2D eigenvalue weighted by molar-refractivity contribution is 5.78. The van der Waals surface area contributed by atoms with Crippen LogP contribution in [0.3, 0.4) is 0 Å². The molecule has 5 aliphatic carbocycles. The van der Waals surface area contributed by atoms with Crippen molar-refractivity contribution in [1.82, 2.24) is 0 Å². The van der Waals surface area contributed by atoms with Gasteiger partial charge in [-0.2, -0.15) is 0 Å². The number of fused-ring (bicyclic) bond motifs is 7. The van der Waals surface area contributed by atoms with Crippen LogP contribution in [-0.4, -0.2) is 17.0 Å². The average Bonchev–Trinajstić information content (AvgIpc) is 3.14. The summed E-state index contributed by atoms with van der Waals surface area (Å²) in [5.74, 6) is 4.85. The molecule has 0 aromatic carbocycles. The number of carbonyl (C=O) groups is 1. The van der Waals surface area contributed by atoms with Crippen LogP contribution in [0.2, 0.25) is 0 Å². The van der Waals surface area contributed by atoms with Gasteiger partial charge in [0, 0.05) is 12.8 Å². The standard InChI is InChI=1S/C33H56O2/c1-9-22(34)20-21(2)23-12-16-30(5)24(23)13-18-32(7)26(30)10-11-27-31(6)17-15-28(35)29(3,4)25(31)14-19-33(27,32)8/h21,23-28,35H,9-20H2,1-8H3/t21-,23-,24+,25+,26-,27-,28+,30+,31+,32-,33-/m1/s1. The number of hydrogen-bond donors (Lipinski definition) is 1. The second-order valence-electron chi connectivity index (χ2n) is 15.9. The minimum absolute atomic E-state index is 0.0421. The third-order valence-corrected chi connectivity index (χ3v) is 14.7. The molecule has 0 saturated heterocycles. The highest BCUT2D eigenvalue weighted by Crippen LogP contribution is 2.78. The van der Waals surface area contributed by atoms with Crippen LogP contribution in [-0.2, 0) is 4.79 Å². The van der Waals surface area contributed by atoms with Crippen molar-refractivity contribution in [2.24, 2.45) is 62.6 Å². The lowest BCUT2D eigenvalue weighted by Gasteiger charge is -2.73. The number of aliphatic hydroxyl groups excluding tert-OH is 1. The molecule has 11 atom stereocenters. The summed E-state index contributed by atoms with van der Waals surface area (Å²) in [5.41, 5.74) is 1.70. The lowest BCUT2D eigenvalue weighted by molar-refractivity contribution is -0.251. The maximum Gasteiger partial charge on any atom is 0.132 e. The molecule has 0 radical (unpaired) electrons. The minimum Gasteiger partial charge on any atom is -0.393 e. The predicted molar refractivity (Wildman–Crippen MR) is 145 cm³/mol. The Kier molecular flexibility index (Phi) is 6.23. The van der Waals surface area contributed by atoms with Crippen LogP contribution in [0.25, 0.3) is 0 Å². The zero-order valence-corrected chi connectivity index (χ0v) is 24.4. The summed E-state index contributed by atoms with van der Waals surface area (Å²) in [5, 5.41) is 10.9. The van der Waals surface area contributed by atoms with Crippen LogP contribution in [0, 0.1) is 62.6 Å². The van der Waals surface area contributed by atoms with Gasteiger partial charge in [0.25, 0.3) is 0 Å². The third kappa shape index (κ3) is 3.39. The lowest BCUT2D eigenvalue weighted by Crippen LogP contribution is -2.66.